The number of ether oxygens (including phenoxy) is 2. The Balaban J connectivity index is 0.00000312. The van der Waals surface area contributed by atoms with Crippen molar-refractivity contribution < 1.29 is 13.9 Å². The first-order chi connectivity index (χ1) is 11.7. The van der Waals surface area contributed by atoms with E-state index in [1.165, 1.54) is 6.07 Å². The van der Waals surface area contributed by atoms with Crippen molar-refractivity contribution in [1.29, 1.82) is 0 Å². The Bertz CT molecular complexity index is 543. The van der Waals surface area contributed by atoms with Gasteiger partial charge >= 0.3 is 0 Å². The van der Waals surface area contributed by atoms with E-state index in [-0.39, 0.29) is 35.1 Å². The summed E-state index contributed by atoms with van der Waals surface area (Å²) in [5.74, 6) is 0.278. The minimum absolute atomic E-state index is 0. The average molecular weight is 486 g/mol. The Labute approximate surface area is 170 Å². The Morgan fingerprint density at radius 1 is 1.44 bits per heavy atom. The van der Waals surface area contributed by atoms with E-state index in [0.29, 0.717) is 25.7 Å². The molecule has 1 unspecified atom stereocenters. The number of hydrogen-bond acceptors (Lipinski definition) is 3. The second-order valence-electron chi connectivity index (χ2n) is 5.66. The summed E-state index contributed by atoms with van der Waals surface area (Å²) < 4.78 is 24.2. The van der Waals surface area contributed by atoms with Crippen molar-refractivity contribution in [3.8, 4) is 0 Å². The van der Waals surface area contributed by atoms with E-state index in [4.69, 9.17) is 21.1 Å². The zero-order chi connectivity index (χ0) is 17.2. The molecule has 0 amide bonds. The molecule has 1 fully saturated rings. The lowest BCUT2D eigenvalue weighted by atomic mass is 10.2. The summed E-state index contributed by atoms with van der Waals surface area (Å²) in [6.45, 7) is 3.51. The van der Waals surface area contributed by atoms with Gasteiger partial charge in [0.1, 0.15) is 5.82 Å². The van der Waals surface area contributed by atoms with Crippen LogP contribution >= 0.6 is 35.6 Å². The fourth-order valence-corrected chi connectivity index (χ4v) is 2.63. The van der Waals surface area contributed by atoms with Crippen LogP contribution in [0.1, 0.15) is 24.8 Å². The molecular formula is C17H26ClFIN3O2. The van der Waals surface area contributed by atoms with Crippen LogP contribution in [-0.2, 0) is 16.0 Å². The molecule has 1 atom stereocenters. The van der Waals surface area contributed by atoms with Gasteiger partial charge in [0.2, 0.25) is 0 Å². The SMILES string of the molecule is CN=C(NCCCOCC1CCCO1)NCc1ccc(F)c(Cl)c1.I. The maximum atomic E-state index is 13.1. The smallest absolute Gasteiger partial charge is 0.191 e. The average Bonchev–Trinajstić information content (AvgIpc) is 3.10. The van der Waals surface area contributed by atoms with Crippen molar-refractivity contribution in [2.45, 2.75) is 31.9 Å². The van der Waals surface area contributed by atoms with Crippen LogP contribution in [0.4, 0.5) is 4.39 Å². The monoisotopic (exact) mass is 485 g/mol. The fraction of sp³-hybridized carbons (Fsp3) is 0.588. The lowest BCUT2D eigenvalue weighted by molar-refractivity contribution is 0.0168. The minimum atomic E-state index is -0.411. The molecule has 1 aliphatic heterocycles. The van der Waals surface area contributed by atoms with Crippen molar-refractivity contribution in [2.24, 2.45) is 4.99 Å². The van der Waals surface area contributed by atoms with Crippen LogP contribution in [0.3, 0.4) is 0 Å². The van der Waals surface area contributed by atoms with E-state index in [9.17, 15) is 4.39 Å². The van der Waals surface area contributed by atoms with Crippen molar-refractivity contribution in [3.63, 3.8) is 0 Å². The van der Waals surface area contributed by atoms with Gasteiger partial charge in [0.15, 0.2) is 5.96 Å². The number of hydrogen-bond donors (Lipinski definition) is 2. The van der Waals surface area contributed by atoms with Gasteiger partial charge in [-0.25, -0.2) is 4.39 Å². The maximum absolute atomic E-state index is 13.1. The Hall–Kier alpha value is -0.640. The van der Waals surface area contributed by atoms with Crippen molar-refractivity contribution in [3.05, 3.63) is 34.6 Å². The summed E-state index contributed by atoms with van der Waals surface area (Å²) in [6.07, 6.45) is 3.39. The molecule has 25 heavy (non-hydrogen) atoms. The van der Waals surface area contributed by atoms with E-state index in [0.717, 1.165) is 38.0 Å². The standard InChI is InChI=1S/C17H25ClFN3O2.HI/c1-20-17(22-11-13-5-6-16(19)15(18)10-13)21-7-3-8-23-12-14-4-2-9-24-14;/h5-6,10,14H,2-4,7-9,11-12H2,1H3,(H2,20,21,22);1H. The first-order valence-corrected chi connectivity index (χ1v) is 8.64. The number of nitrogens with zero attached hydrogens (tertiary/aromatic N) is 1. The van der Waals surface area contributed by atoms with Gasteiger partial charge in [-0.1, -0.05) is 17.7 Å². The van der Waals surface area contributed by atoms with E-state index in [2.05, 4.69) is 15.6 Å². The predicted octanol–water partition coefficient (Wildman–Crippen LogP) is 3.35. The summed E-state index contributed by atoms with van der Waals surface area (Å²) in [5.41, 5.74) is 0.893. The van der Waals surface area contributed by atoms with Gasteiger partial charge in [-0.05, 0) is 37.0 Å². The molecule has 0 bridgehead atoms. The van der Waals surface area contributed by atoms with Crippen LogP contribution in [0.25, 0.3) is 0 Å². The highest BCUT2D eigenvalue weighted by Crippen LogP contribution is 2.15. The van der Waals surface area contributed by atoms with Crippen molar-refractivity contribution in [1.82, 2.24) is 10.6 Å². The normalized spacial score (nSPS) is 17.2. The Morgan fingerprint density at radius 2 is 2.28 bits per heavy atom. The summed E-state index contributed by atoms with van der Waals surface area (Å²) in [6, 6.07) is 4.66. The lowest BCUT2D eigenvalue weighted by Gasteiger charge is -2.13. The number of rotatable bonds is 8. The van der Waals surface area contributed by atoms with Crippen LogP contribution in [0.15, 0.2) is 23.2 Å². The summed E-state index contributed by atoms with van der Waals surface area (Å²) in [7, 11) is 1.71. The number of aliphatic imine (C=N–C) groups is 1. The molecule has 0 aromatic heterocycles. The van der Waals surface area contributed by atoms with Gasteiger partial charge in [-0.15, -0.1) is 24.0 Å². The van der Waals surface area contributed by atoms with Crippen LogP contribution in [-0.4, -0.2) is 45.5 Å². The second-order valence-corrected chi connectivity index (χ2v) is 6.07. The number of nitrogens with one attached hydrogen (secondary N) is 2. The van der Waals surface area contributed by atoms with Gasteiger partial charge in [0, 0.05) is 33.4 Å². The molecule has 2 N–H and O–H groups in total. The van der Waals surface area contributed by atoms with Gasteiger partial charge in [-0.3, -0.25) is 4.99 Å². The van der Waals surface area contributed by atoms with E-state index >= 15 is 0 Å². The molecule has 5 nitrogen and oxygen atoms in total. The van der Waals surface area contributed by atoms with E-state index in [1.54, 1.807) is 19.2 Å². The zero-order valence-electron chi connectivity index (χ0n) is 14.4. The highest BCUT2D eigenvalue weighted by Gasteiger charge is 2.14. The highest BCUT2D eigenvalue weighted by atomic mass is 127. The molecule has 8 heteroatoms. The topological polar surface area (TPSA) is 54.9 Å². The molecule has 1 heterocycles. The molecule has 142 valence electrons. The molecule has 0 radical (unpaired) electrons. The fourth-order valence-electron chi connectivity index (χ4n) is 2.43. The van der Waals surface area contributed by atoms with Crippen LogP contribution in [0.2, 0.25) is 5.02 Å². The maximum Gasteiger partial charge on any atom is 0.191 e. The number of benzene rings is 1. The third-order valence-corrected chi connectivity index (χ3v) is 4.04. The molecule has 1 aromatic carbocycles. The molecule has 0 saturated carbocycles. The van der Waals surface area contributed by atoms with E-state index < -0.39 is 5.82 Å². The zero-order valence-corrected chi connectivity index (χ0v) is 17.5. The van der Waals surface area contributed by atoms with Gasteiger partial charge in [0.05, 0.1) is 17.7 Å². The summed E-state index contributed by atoms with van der Waals surface area (Å²) in [4.78, 5) is 4.15. The van der Waals surface area contributed by atoms with Crippen LogP contribution < -0.4 is 10.6 Å². The van der Waals surface area contributed by atoms with Crippen LogP contribution in [0, 0.1) is 5.82 Å². The second kappa shape index (κ2) is 12.7. The predicted molar refractivity (Wildman–Crippen MR) is 109 cm³/mol. The summed E-state index contributed by atoms with van der Waals surface area (Å²) in [5, 5.41) is 6.51. The Kier molecular flexibility index (Phi) is 11.4. The number of guanidine groups is 1. The summed E-state index contributed by atoms with van der Waals surface area (Å²) >= 11 is 5.77. The third kappa shape index (κ3) is 8.52. The number of halogens is 3. The molecule has 0 spiro atoms. The van der Waals surface area contributed by atoms with Crippen molar-refractivity contribution >= 4 is 41.5 Å². The van der Waals surface area contributed by atoms with Gasteiger partial charge in [-0.2, -0.15) is 0 Å². The Morgan fingerprint density at radius 3 is 2.96 bits per heavy atom. The lowest BCUT2D eigenvalue weighted by Crippen LogP contribution is -2.37. The quantitative estimate of drug-likeness (QED) is 0.257. The molecule has 2 rings (SSSR count). The molecule has 0 aliphatic carbocycles. The van der Waals surface area contributed by atoms with Gasteiger partial charge in [0.25, 0.3) is 0 Å². The first-order valence-electron chi connectivity index (χ1n) is 8.27. The molecule has 1 aliphatic rings. The minimum Gasteiger partial charge on any atom is -0.379 e. The van der Waals surface area contributed by atoms with E-state index in [1.807, 2.05) is 0 Å². The highest BCUT2D eigenvalue weighted by molar-refractivity contribution is 14.0. The van der Waals surface area contributed by atoms with Crippen LogP contribution in [0.5, 0.6) is 0 Å². The third-order valence-electron chi connectivity index (χ3n) is 3.75. The molecule has 1 aromatic rings. The largest absolute Gasteiger partial charge is 0.379 e. The van der Waals surface area contributed by atoms with Gasteiger partial charge < -0.3 is 20.1 Å². The first kappa shape index (κ1) is 22.4. The molecular weight excluding hydrogens is 460 g/mol. The molecule has 1 saturated heterocycles. The van der Waals surface area contributed by atoms with Crippen molar-refractivity contribution in [2.75, 3.05) is 33.4 Å².